The van der Waals surface area contributed by atoms with Crippen molar-refractivity contribution in [3.63, 3.8) is 0 Å². The Hall–Kier alpha value is -1.85. The quantitative estimate of drug-likeness (QED) is 0.797. The summed E-state index contributed by atoms with van der Waals surface area (Å²) in [5, 5.41) is 15.8. The number of carboxylic acids is 1. The van der Waals surface area contributed by atoms with E-state index in [4.69, 9.17) is 5.11 Å². The van der Waals surface area contributed by atoms with Crippen LogP contribution in [0.3, 0.4) is 0 Å². The van der Waals surface area contributed by atoms with Gasteiger partial charge in [0.15, 0.2) is 0 Å². The summed E-state index contributed by atoms with van der Waals surface area (Å²) in [4.78, 5) is 23.0. The number of aryl methyl sites for hydroxylation is 1. The molecule has 1 aromatic rings. The van der Waals surface area contributed by atoms with Crippen molar-refractivity contribution in [1.29, 1.82) is 0 Å². The van der Waals surface area contributed by atoms with E-state index in [1.165, 1.54) is 0 Å². The molecule has 20 heavy (non-hydrogen) atoms. The van der Waals surface area contributed by atoms with Crippen molar-refractivity contribution in [3.05, 3.63) is 17.5 Å². The Kier molecular flexibility index (Phi) is 5.73. The molecule has 0 aliphatic heterocycles. The first-order chi connectivity index (χ1) is 9.36. The van der Waals surface area contributed by atoms with Crippen LogP contribution >= 0.6 is 0 Å². The van der Waals surface area contributed by atoms with E-state index >= 15 is 0 Å². The molecule has 1 aromatic heterocycles. The van der Waals surface area contributed by atoms with Gasteiger partial charge in [-0.15, -0.1) is 0 Å². The van der Waals surface area contributed by atoms with Gasteiger partial charge in [-0.3, -0.25) is 14.3 Å². The molecular weight excluding hydrogens is 258 g/mol. The molecule has 6 heteroatoms. The van der Waals surface area contributed by atoms with Crippen molar-refractivity contribution >= 4 is 11.9 Å². The van der Waals surface area contributed by atoms with Crippen LogP contribution in [0, 0.1) is 5.92 Å². The number of rotatable bonds is 7. The molecule has 0 aromatic carbocycles. The van der Waals surface area contributed by atoms with Crippen LogP contribution in [0.4, 0.5) is 0 Å². The lowest BCUT2D eigenvalue weighted by atomic mass is 10.0. The standard InChI is InChI=1S/C14H23N3O3/c1-5-6-10(14(19)20)8-15-13(18)11-7-12(9(2)3)17(4)16-11/h7,9-10H,5-6,8H2,1-4H3,(H,15,18)(H,19,20). The highest BCUT2D eigenvalue weighted by Crippen LogP contribution is 2.14. The maximum atomic E-state index is 12.0. The number of hydrogen-bond acceptors (Lipinski definition) is 3. The normalized spacial score (nSPS) is 12.4. The smallest absolute Gasteiger partial charge is 0.308 e. The van der Waals surface area contributed by atoms with E-state index in [2.05, 4.69) is 10.4 Å². The van der Waals surface area contributed by atoms with E-state index in [1.54, 1.807) is 17.8 Å². The molecule has 0 saturated heterocycles. The van der Waals surface area contributed by atoms with E-state index in [9.17, 15) is 9.59 Å². The van der Waals surface area contributed by atoms with Gasteiger partial charge in [0.2, 0.25) is 0 Å². The largest absolute Gasteiger partial charge is 0.481 e. The minimum absolute atomic E-state index is 0.135. The minimum Gasteiger partial charge on any atom is -0.481 e. The summed E-state index contributed by atoms with van der Waals surface area (Å²) in [5.74, 6) is -1.47. The first-order valence-corrected chi connectivity index (χ1v) is 6.91. The molecule has 0 saturated carbocycles. The van der Waals surface area contributed by atoms with Crippen molar-refractivity contribution < 1.29 is 14.7 Å². The fourth-order valence-corrected chi connectivity index (χ4v) is 2.10. The van der Waals surface area contributed by atoms with Crippen molar-refractivity contribution in [2.75, 3.05) is 6.54 Å². The number of amides is 1. The average molecular weight is 281 g/mol. The van der Waals surface area contributed by atoms with Gasteiger partial charge in [0.05, 0.1) is 5.92 Å². The molecule has 1 atom stereocenters. The maximum Gasteiger partial charge on any atom is 0.308 e. The van der Waals surface area contributed by atoms with Crippen LogP contribution in [0.1, 0.15) is 55.7 Å². The summed E-state index contributed by atoms with van der Waals surface area (Å²) in [6.45, 7) is 6.11. The number of carboxylic acid groups (broad SMARTS) is 1. The van der Waals surface area contributed by atoms with Crippen LogP contribution in [0.15, 0.2) is 6.07 Å². The number of nitrogens with one attached hydrogen (secondary N) is 1. The van der Waals surface area contributed by atoms with Gasteiger partial charge in [0, 0.05) is 19.3 Å². The van der Waals surface area contributed by atoms with E-state index in [0.29, 0.717) is 12.1 Å². The Morgan fingerprint density at radius 1 is 1.45 bits per heavy atom. The third-order valence-electron chi connectivity index (χ3n) is 3.24. The van der Waals surface area contributed by atoms with Gasteiger partial charge in [-0.05, 0) is 18.4 Å². The second-order valence-corrected chi connectivity index (χ2v) is 5.27. The molecule has 1 rings (SSSR count). The molecule has 1 unspecified atom stereocenters. The zero-order valence-corrected chi connectivity index (χ0v) is 12.5. The van der Waals surface area contributed by atoms with Gasteiger partial charge >= 0.3 is 5.97 Å². The van der Waals surface area contributed by atoms with E-state index in [0.717, 1.165) is 12.1 Å². The fourth-order valence-electron chi connectivity index (χ4n) is 2.10. The SMILES string of the molecule is CCCC(CNC(=O)c1cc(C(C)C)n(C)n1)C(=O)O. The number of aromatic nitrogens is 2. The third kappa shape index (κ3) is 4.08. The molecule has 0 aliphatic carbocycles. The van der Waals surface area contributed by atoms with Crippen molar-refractivity contribution in [3.8, 4) is 0 Å². The predicted molar refractivity (Wildman–Crippen MR) is 75.7 cm³/mol. The highest BCUT2D eigenvalue weighted by Gasteiger charge is 2.19. The fraction of sp³-hybridized carbons (Fsp3) is 0.643. The van der Waals surface area contributed by atoms with Crippen LogP contribution in [0.5, 0.6) is 0 Å². The second kappa shape index (κ2) is 7.07. The van der Waals surface area contributed by atoms with E-state index < -0.39 is 11.9 Å². The Morgan fingerprint density at radius 2 is 2.10 bits per heavy atom. The highest BCUT2D eigenvalue weighted by atomic mass is 16.4. The van der Waals surface area contributed by atoms with Gasteiger partial charge in [0.1, 0.15) is 5.69 Å². The molecule has 112 valence electrons. The lowest BCUT2D eigenvalue weighted by Crippen LogP contribution is -2.33. The lowest BCUT2D eigenvalue weighted by molar-refractivity contribution is -0.141. The second-order valence-electron chi connectivity index (χ2n) is 5.27. The highest BCUT2D eigenvalue weighted by molar-refractivity contribution is 5.92. The lowest BCUT2D eigenvalue weighted by Gasteiger charge is -2.11. The van der Waals surface area contributed by atoms with Crippen molar-refractivity contribution in [2.45, 2.75) is 39.5 Å². The van der Waals surface area contributed by atoms with Gasteiger partial charge in [0.25, 0.3) is 5.91 Å². The first-order valence-electron chi connectivity index (χ1n) is 6.91. The van der Waals surface area contributed by atoms with Crippen molar-refractivity contribution in [1.82, 2.24) is 15.1 Å². The predicted octanol–water partition coefficient (Wildman–Crippen LogP) is 1.77. The molecule has 0 aliphatic rings. The summed E-state index contributed by atoms with van der Waals surface area (Å²) in [7, 11) is 1.79. The Labute approximate surface area is 119 Å². The minimum atomic E-state index is -0.879. The zero-order valence-electron chi connectivity index (χ0n) is 12.5. The van der Waals surface area contributed by atoms with E-state index in [1.807, 2.05) is 20.8 Å². The van der Waals surface area contributed by atoms with E-state index in [-0.39, 0.29) is 18.4 Å². The summed E-state index contributed by atoms with van der Waals surface area (Å²) in [6.07, 6.45) is 1.32. The molecular formula is C14H23N3O3. The summed E-state index contributed by atoms with van der Waals surface area (Å²) >= 11 is 0. The average Bonchev–Trinajstić information content (AvgIpc) is 2.76. The van der Waals surface area contributed by atoms with Crippen LogP contribution < -0.4 is 5.32 Å². The molecule has 0 fully saturated rings. The first kappa shape index (κ1) is 16.2. The molecule has 0 spiro atoms. The molecule has 6 nitrogen and oxygen atoms in total. The van der Waals surface area contributed by atoms with Gasteiger partial charge < -0.3 is 10.4 Å². The van der Waals surface area contributed by atoms with Gasteiger partial charge in [-0.2, -0.15) is 5.10 Å². The van der Waals surface area contributed by atoms with Crippen LogP contribution in [-0.2, 0) is 11.8 Å². The molecule has 0 radical (unpaired) electrons. The molecule has 1 amide bonds. The molecule has 1 heterocycles. The van der Waals surface area contributed by atoms with Crippen LogP contribution in [-0.4, -0.2) is 33.3 Å². The number of aliphatic carboxylic acids is 1. The van der Waals surface area contributed by atoms with Gasteiger partial charge in [-0.25, -0.2) is 0 Å². The monoisotopic (exact) mass is 281 g/mol. The van der Waals surface area contributed by atoms with Crippen LogP contribution in [0.2, 0.25) is 0 Å². The Bertz CT molecular complexity index is 480. The van der Waals surface area contributed by atoms with Crippen molar-refractivity contribution in [2.24, 2.45) is 13.0 Å². The summed E-state index contributed by atoms with van der Waals surface area (Å²) in [5.41, 5.74) is 1.30. The maximum absolute atomic E-state index is 12.0. The third-order valence-corrected chi connectivity index (χ3v) is 3.24. The summed E-state index contributed by atoms with van der Waals surface area (Å²) < 4.78 is 1.68. The molecule has 0 bridgehead atoms. The van der Waals surface area contributed by atoms with Gasteiger partial charge in [-0.1, -0.05) is 27.2 Å². The van der Waals surface area contributed by atoms with Crippen LogP contribution in [0.25, 0.3) is 0 Å². The number of hydrogen-bond donors (Lipinski definition) is 2. The number of nitrogens with zero attached hydrogens (tertiary/aromatic N) is 2. The Balaban J connectivity index is 2.67. The Morgan fingerprint density at radius 3 is 2.55 bits per heavy atom. The zero-order chi connectivity index (χ0) is 15.3. The summed E-state index contributed by atoms with van der Waals surface area (Å²) in [6, 6.07) is 1.75. The number of carbonyl (C=O) groups excluding carboxylic acids is 1. The number of carbonyl (C=O) groups is 2. The molecule has 2 N–H and O–H groups in total. The topological polar surface area (TPSA) is 84.2 Å².